The first-order chi connectivity index (χ1) is 44.2. The van der Waals surface area contributed by atoms with Gasteiger partial charge in [0.25, 0.3) is 27.7 Å². The van der Waals surface area contributed by atoms with Gasteiger partial charge >= 0.3 is 0 Å². The van der Waals surface area contributed by atoms with E-state index in [0.29, 0.717) is 24.9 Å². The van der Waals surface area contributed by atoms with E-state index in [1.807, 2.05) is 118 Å². The molecule has 0 bridgehead atoms. The SMILES string of the molecule is CN[C@H](C(=O)N[C@H](C(=O)N(C)[C@H](/C=C(\C)C(=O)NS(=O)(=O)c1ccc(NC(=O)[C@H](CCCCN)NC(=O)[C@H](Cc2ccccc2)NC(=O)[C@@H](Cc2ccccc2)NC(=O)CC(C)(C)COCC(C)CN2C(=O)C=CC2=O)cc1)C(C)C)C(C)(C)C)C(C)(C)c1ccccc1. The molecule has 9 N–H and O–H groups in total. The van der Waals surface area contributed by atoms with Gasteiger partial charge in [-0.3, -0.25) is 48.1 Å². The number of unbranched alkanes of at least 4 members (excludes halogenated alkanes) is 1. The van der Waals surface area contributed by atoms with Crippen molar-refractivity contribution in [2.75, 3.05) is 45.7 Å². The number of hydrogen-bond acceptors (Lipinski definition) is 14. The lowest BCUT2D eigenvalue weighted by molar-refractivity contribution is -0.141. The third kappa shape index (κ3) is 22.7. The van der Waals surface area contributed by atoms with E-state index in [1.54, 1.807) is 56.6 Å². The highest BCUT2D eigenvalue weighted by molar-refractivity contribution is 7.90. The molecule has 94 heavy (non-hydrogen) atoms. The van der Waals surface area contributed by atoms with E-state index in [0.717, 1.165) is 16.0 Å². The maximum atomic E-state index is 14.6. The second kappa shape index (κ2) is 34.7. The second-order valence-electron chi connectivity index (χ2n) is 27.1. The molecule has 0 saturated carbocycles. The summed E-state index contributed by atoms with van der Waals surface area (Å²) in [5, 5.41) is 17.5. The Morgan fingerprint density at radius 3 is 1.69 bits per heavy atom. The number of hydrogen-bond donors (Lipinski definition) is 8. The van der Waals surface area contributed by atoms with Gasteiger partial charge in [0.05, 0.1) is 30.2 Å². The van der Waals surface area contributed by atoms with Crippen LogP contribution < -0.4 is 42.4 Å². The lowest BCUT2D eigenvalue weighted by Gasteiger charge is -2.40. The molecule has 510 valence electrons. The summed E-state index contributed by atoms with van der Waals surface area (Å²) in [6, 6.07) is 26.6. The first-order valence-corrected chi connectivity index (χ1v) is 33.4. The summed E-state index contributed by atoms with van der Waals surface area (Å²) < 4.78 is 35.7. The molecule has 0 spiro atoms. The van der Waals surface area contributed by atoms with Crippen molar-refractivity contribution in [1.29, 1.82) is 0 Å². The van der Waals surface area contributed by atoms with Gasteiger partial charge in [0.15, 0.2) is 0 Å². The summed E-state index contributed by atoms with van der Waals surface area (Å²) >= 11 is 0. The molecule has 1 unspecified atom stereocenters. The van der Waals surface area contributed by atoms with Gasteiger partial charge in [0.1, 0.15) is 24.2 Å². The molecular weight excluding hydrogens is 1220 g/mol. The molecule has 1 aliphatic heterocycles. The van der Waals surface area contributed by atoms with Crippen molar-refractivity contribution in [3.8, 4) is 0 Å². The maximum absolute atomic E-state index is 14.6. The Morgan fingerprint density at radius 1 is 0.660 bits per heavy atom. The minimum Gasteiger partial charge on any atom is -0.381 e. The smallest absolute Gasteiger partial charge is 0.264 e. The summed E-state index contributed by atoms with van der Waals surface area (Å²) in [7, 11) is -1.24. The standard InChI is InChI=1S/C71H98N10O12S/c1-46(2)57(80(13)68(90)62(69(5,6)7)78-67(89)61(73-12)71(10,11)51-29-21-16-22-30-51)39-48(4)63(85)79-94(91,92)53-34-32-52(33-35-53)74-64(86)54(31-23-24-38-72)76-66(88)56(41-50-27-19-15-20-28-50)77-65(87)55(40-49-25-17-14-18-26-49)75-58(82)42-70(8,9)45-93-44-47(3)43-81-59(83)36-37-60(81)84/h14-22,25-30,32-37,39,46-47,54-57,61-62,73H,23-24,31,38,40-45,72H2,1-13H3,(H,74,86)(H,75,82)(H,76,88)(H,77,87)(H,78,89)(H,79,85)/b48-39+/t47?,54-,55+,56-,57+,61+,62+/m0/s1. The molecule has 0 aliphatic carbocycles. The van der Waals surface area contributed by atoms with Crippen molar-refractivity contribution in [2.45, 2.75) is 161 Å². The highest BCUT2D eigenvalue weighted by Gasteiger charge is 2.42. The normalized spacial score (nSPS) is 15.2. The highest BCUT2D eigenvalue weighted by Crippen LogP contribution is 2.30. The van der Waals surface area contributed by atoms with E-state index in [9.17, 15) is 51.6 Å². The summed E-state index contributed by atoms with van der Waals surface area (Å²) in [6.45, 7) is 20.9. The van der Waals surface area contributed by atoms with Gasteiger partial charge in [-0.15, -0.1) is 0 Å². The molecule has 23 heteroatoms. The number of likely N-dealkylation sites (N-methyl/N-ethyl adjacent to an activating group) is 2. The molecule has 0 saturated heterocycles. The average molecular weight is 1320 g/mol. The van der Waals surface area contributed by atoms with Crippen LogP contribution in [0.25, 0.3) is 0 Å². The fourth-order valence-electron chi connectivity index (χ4n) is 11.0. The Hall–Kier alpha value is -8.38. The molecular formula is C71H98N10O12S. The number of amides is 9. The molecule has 4 aromatic carbocycles. The summed E-state index contributed by atoms with van der Waals surface area (Å²) in [6.07, 6.45) is 5.06. The molecule has 0 aromatic heterocycles. The van der Waals surface area contributed by atoms with Crippen LogP contribution in [0, 0.1) is 22.7 Å². The van der Waals surface area contributed by atoms with Gasteiger partial charge in [-0.2, -0.15) is 0 Å². The van der Waals surface area contributed by atoms with E-state index < -0.39 is 98.0 Å². The first kappa shape index (κ1) is 76.3. The van der Waals surface area contributed by atoms with Crippen molar-refractivity contribution >= 4 is 68.9 Å². The number of benzene rings is 4. The lowest BCUT2D eigenvalue weighted by Crippen LogP contribution is -2.61. The predicted octanol–water partition coefficient (Wildman–Crippen LogP) is 6.02. The van der Waals surface area contributed by atoms with Gasteiger partial charge in [-0.05, 0) is 103 Å². The van der Waals surface area contributed by atoms with Crippen LogP contribution in [-0.2, 0) is 76.2 Å². The number of sulfonamides is 1. The van der Waals surface area contributed by atoms with Crippen LogP contribution >= 0.6 is 0 Å². The van der Waals surface area contributed by atoms with Gasteiger partial charge in [0, 0.05) is 61.7 Å². The van der Waals surface area contributed by atoms with Crippen LogP contribution in [0.1, 0.15) is 119 Å². The quantitative estimate of drug-likeness (QED) is 0.0149. The second-order valence-corrected chi connectivity index (χ2v) is 28.8. The maximum Gasteiger partial charge on any atom is 0.264 e. The summed E-state index contributed by atoms with van der Waals surface area (Å²) in [5.41, 5.74) is 6.22. The third-order valence-electron chi connectivity index (χ3n) is 16.5. The van der Waals surface area contributed by atoms with Crippen molar-refractivity contribution in [3.63, 3.8) is 0 Å². The zero-order valence-electron chi connectivity index (χ0n) is 56.7. The number of nitrogens with one attached hydrogen (secondary N) is 7. The zero-order chi connectivity index (χ0) is 69.7. The van der Waals surface area contributed by atoms with Gasteiger partial charge in [-0.1, -0.05) is 166 Å². The minimum atomic E-state index is -4.51. The summed E-state index contributed by atoms with van der Waals surface area (Å²) in [5.74, 6) is -5.42. The van der Waals surface area contributed by atoms with Crippen molar-refractivity contribution in [1.82, 2.24) is 41.1 Å². The average Bonchev–Trinajstić information content (AvgIpc) is 0.998. The summed E-state index contributed by atoms with van der Waals surface area (Å²) in [4.78, 5) is 126. The molecule has 0 fully saturated rings. The molecule has 0 radical (unpaired) electrons. The molecule has 1 heterocycles. The van der Waals surface area contributed by atoms with Gasteiger partial charge in [0.2, 0.25) is 35.4 Å². The minimum absolute atomic E-state index is 0.00289. The fourth-order valence-corrected chi connectivity index (χ4v) is 12.1. The monoisotopic (exact) mass is 1310 g/mol. The van der Waals surface area contributed by atoms with Crippen LogP contribution in [0.4, 0.5) is 5.69 Å². The molecule has 22 nitrogen and oxygen atoms in total. The number of nitrogens with two attached hydrogens (primary N) is 1. The molecule has 4 aromatic rings. The van der Waals surface area contributed by atoms with Crippen LogP contribution in [-0.4, -0.2) is 148 Å². The van der Waals surface area contributed by atoms with Crippen molar-refractivity contribution < 1.29 is 56.3 Å². The van der Waals surface area contributed by atoms with E-state index in [2.05, 4.69) is 36.6 Å². The van der Waals surface area contributed by atoms with Gasteiger partial charge < -0.3 is 47.3 Å². The highest BCUT2D eigenvalue weighted by atomic mass is 32.2. The van der Waals surface area contributed by atoms with Crippen molar-refractivity contribution in [3.05, 3.63) is 156 Å². The Kier molecular flexibility index (Phi) is 28.2. The van der Waals surface area contributed by atoms with Gasteiger partial charge in [-0.25, -0.2) is 13.1 Å². The lowest BCUT2D eigenvalue weighted by atomic mass is 9.76. The number of imide groups is 1. The van der Waals surface area contributed by atoms with E-state index >= 15 is 0 Å². The van der Waals surface area contributed by atoms with Crippen LogP contribution in [0.2, 0.25) is 0 Å². The Bertz CT molecular complexity index is 3410. The molecule has 9 amide bonds. The predicted molar refractivity (Wildman–Crippen MR) is 362 cm³/mol. The number of carbonyl (C=O) groups excluding carboxylic acids is 9. The molecule has 5 rings (SSSR count). The van der Waals surface area contributed by atoms with Crippen LogP contribution in [0.3, 0.4) is 0 Å². The number of rotatable bonds is 35. The topological polar surface area (TPSA) is 314 Å². The van der Waals surface area contributed by atoms with E-state index in [-0.39, 0.29) is 91.2 Å². The first-order valence-electron chi connectivity index (χ1n) is 31.9. The number of carbonyl (C=O) groups is 9. The fraction of sp³-hybridized carbons (Fsp3) is 0.479. The number of anilines is 1. The Balaban J connectivity index is 1.27. The van der Waals surface area contributed by atoms with Crippen LogP contribution in [0.15, 0.2) is 144 Å². The zero-order valence-corrected chi connectivity index (χ0v) is 57.5. The molecule has 1 aliphatic rings. The largest absolute Gasteiger partial charge is 0.381 e. The van der Waals surface area contributed by atoms with E-state index in [4.69, 9.17) is 10.5 Å². The Morgan fingerprint density at radius 2 is 1.18 bits per heavy atom. The molecule has 7 atom stereocenters. The van der Waals surface area contributed by atoms with Crippen LogP contribution in [0.5, 0.6) is 0 Å². The third-order valence-corrected chi connectivity index (χ3v) is 17.8. The Labute approximate surface area is 554 Å². The van der Waals surface area contributed by atoms with Crippen molar-refractivity contribution in [2.24, 2.45) is 28.4 Å². The van der Waals surface area contributed by atoms with E-state index in [1.165, 1.54) is 54.3 Å². The number of nitrogens with zero attached hydrogens (tertiary/aromatic N) is 2. The number of ether oxygens (including phenoxy) is 1.